The van der Waals surface area contributed by atoms with Crippen molar-refractivity contribution in [2.24, 2.45) is 0 Å². The van der Waals surface area contributed by atoms with Gasteiger partial charge < -0.3 is 4.43 Å². The van der Waals surface area contributed by atoms with E-state index in [4.69, 9.17) is 0 Å². The van der Waals surface area contributed by atoms with E-state index in [-0.39, 0.29) is 0 Å². The summed E-state index contributed by atoms with van der Waals surface area (Å²) in [5.74, 6) is -44.5. The quantitative estimate of drug-likeness (QED) is 0.311. The van der Waals surface area contributed by atoms with Crippen LogP contribution in [0.1, 0.15) is 0 Å². The van der Waals surface area contributed by atoms with Gasteiger partial charge in [-0.2, -0.15) is 52.7 Å². The van der Waals surface area contributed by atoms with Crippen molar-refractivity contribution in [2.45, 2.75) is 61.6 Å². The van der Waals surface area contributed by atoms with Crippen LogP contribution < -0.4 is 0 Å². The SMILES string of the molecule is C[Si](C)(C)OCC(F)(F)C(F)(F)C(F)(F)C(F)(F)C(F)(F)C(F)(F)C(F)F. The zero-order chi connectivity index (χ0) is 22.5. The molecular formula is C11H12F14OSi. The van der Waals surface area contributed by atoms with Gasteiger partial charge >= 0.3 is 42.0 Å². The van der Waals surface area contributed by atoms with E-state index in [1.165, 1.54) is 0 Å². The molecule has 0 heterocycles. The third-order valence-electron chi connectivity index (χ3n) is 3.02. The Bertz CT molecular complexity index is 524. The van der Waals surface area contributed by atoms with Crippen LogP contribution in [0, 0.1) is 0 Å². The first kappa shape index (κ1) is 26.2. The van der Waals surface area contributed by atoms with E-state index >= 15 is 0 Å². The topological polar surface area (TPSA) is 9.23 Å². The van der Waals surface area contributed by atoms with Crippen molar-refractivity contribution in [1.82, 2.24) is 0 Å². The summed E-state index contributed by atoms with van der Waals surface area (Å²) in [4.78, 5) is 0. The smallest absolute Gasteiger partial charge is 0.384 e. The maximum absolute atomic E-state index is 13.4. The minimum Gasteiger partial charge on any atom is -0.411 e. The van der Waals surface area contributed by atoms with E-state index < -0.39 is 56.9 Å². The molecule has 0 unspecified atom stereocenters. The van der Waals surface area contributed by atoms with Gasteiger partial charge in [-0.3, -0.25) is 0 Å². The second kappa shape index (κ2) is 6.91. The minimum absolute atomic E-state index is 1.07. The average molecular weight is 454 g/mol. The van der Waals surface area contributed by atoms with Crippen molar-refractivity contribution in [3.8, 4) is 0 Å². The van der Waals surface area contributed by atoms with Crippen LogP contribution in [0.3, 0.4) is 0 Å². The number of alkyl halides is 14. The lowest BCUT2D eigenvalue weighted by Crippen LogP contribution is -2.72. The molecule has 0 bridgehead atoms. The largest absolute Gasteiger partial charge is 0.411 e. The van der Waals surface area contributed by atoms with Crippen LogP contribution in [-0.2, 0) is 4.43 Å². The summed E-state index contributed by atoms with van der Waals surface area (Å²) in [6.07, 6.45) is -5.70. The molecule has 0 aromatic carbocycles. The standard InChI is InChI=1S/C11H12F14OSi/c1-27(2,3)26-4-6(14,15)8(18,19)10(22,23)11(24,25)9(20,21)7(16,17)5(12)13/h5H,4H2,1-3H3. The Hall–Kier alpha value is -0.803. The molecule has 164 valence electrons. The van der Waals surface area contributed by atoms with E-state index in [1.807, 2.05) is 0 Å². The summed E-state index contributed by atoms with van der Waals surface area (Å²) in [7, 11) is -3.15. The van der Waals surface area contributed by atoms with Gasteiger partial charge in [0.25, 0.3) is 0 Å². The monoisotopic (exact) mass is 454 g/mol. The Labute approximate surface area is 143 Å². The third-order valence-corrected chi connectivity index (χ3v) is 4.03. The lowest BCUT2D eigenvalue weighted by Gasteiger charge is -2.41. The van der Waals surface area contributed by atoms with Gasteiger partial charge in [-0.25, -0.2) is 8.78 Å². The van der Waals surface area contributed by atoms with Crippen molar-refractivity contribution < 1.29 is 65.9 Å². The molecule has 0 amide bonds. The highest BCUT2D eigenvalue weighted by atomic mass is 28.4. The highest BCUT2D eigenvalue weighted by molar-refractivity contribution is 6.69. The second-order valence-electron chi connectivity index (χ2n) is 6.33. The van der Waals surface area contributed by atoms with Crippen LogP contribution in [0.4, 0.5) is 61.5 Å². The first-order chi connectivity index (χ1) is 11.4. The van der Waals surface area contributed by atoms with E-state index in [0.717, 1.165) is 19.6 Å². The Kier molecular flexibility index (Phi) is 6.71. The molecule has 0 spiro atoms. The fraction of sp³-hybridized carbons (Fsp3) is 1.00. The summed E-state index contributed by atoms with van der Waals surface area (Å²) >= 11 is 0. The van der Waals surface area contributed by atoms with E-state index in [9.17, 15) is 61.5 Å². The van der Waals surface area contributed by atoms with Crippen LogP contribution in [0.2, 0.25) is 19.6 Å². The van der Waals surface area contributed by atoms with Crippen molar-refractivity contribution in [3.05, 3.63) is 0 Å². The summed E-state index contributed by atoms with van der Waals surface area (Å²) in [6.45, 7) is 0.583. The number of hydrogen-bond acceptors (Lipinski definition) is 1. The lowest BCUT2D eigenvalue weighted by atomic mass is 9.91. The van der Waals surface area contributed by atoms with Gasteiger partial charge in [0.05, 0.1) is 0 Å². The van der Waals surface area contributed by atoms with Crippen LogP contribution in [0.25, 0.3) is 0 Å². The Morgan fingerprint density at radius 1 is 0.630 bits per heavy atom. The Morgan fingerprint density at radius 3 is 1.26 bits per heavy atom. The molecule has 0 radical (unpaired) electrons. The molecule has 0 aromatic heterocycles. The molecule has 0 saturated heterocycles. The summed E-state index contributed by atoms with van der Waals surface area (Å²) < 4.78 is 185. The van der Waals surface area contributed by atoms with Crippen molar-refractivity contribution in [2.75, 3.05) is 6.61 Å². The van der Waals surface area contributed by atoms with Gasteiger partial charge in [0.2, 0.25) is 0 Å². The van der Waals surface area contributed by atoms with Crippen LogP contribution in [0.15, 0.2) is 0 Å². The molecule has 0 saturated carbocycles. The third kappa shape index (κ3) is 4.14. The molecule has 0 aliphatic rings. The lowest BCUT2D eigenvalue weighted by molar-refractivity contribution is -0.433. The molecule has 0 rings (SSSR count). The molecule has 0 N–H and O–H groups in total. The van der Waals surface area contributed by atoms with Crippen LogP contribution in [-0.4, -0.2) is 56.9 Å². The van der Waals surface area contributed by atoms with Crippen LogP contribution in [0.5, 0.6) is 0 Å². The number of rotatable bonds is 9. The van der Waals surface area contributed by atoms with Crippen LogP contribution >= 0.6 is 0 Å². The van der Waals surface area contributed by atoms with Crippen molar-refractivity contribution >= 4 is 8.32 Å². The predicted molar refractivity (Wildman–Crippen MR) is 65.0 cm³/mol. The molecule has 0 fully saturated rings. The van der Waals surface area contributed by atoms with Gasteiger partial charge in [0, 0.05) is 0 Å². The molecule has 27 heavy (non-hydrogen) atoms. The first-order valence-electron chi connectivity index (χ1n) is 6.59. The van der Waals surface area contributed by atoms with Crippen molar-refractivity contribution in [3.63, 3.8) is 0 Å². The fourth-order valence-electron chi connectivity index (χ4n) is 1.37. The van der Waals surface area contributed by atoms with Gasteiger partial charge in [0.15, 0.2) is 8.32 Å². The normalized spacial score (nSPS) is 16.2. The zero-order valence-corrected chi connectivity index (χ0v) is 14.5. The van der Waals surface area contributed by atoms with Gasteiger partial charge in [-0.1, -0.05) is 0 Å². The van der Waals surface area contributed by atoms with E-state index in [2.05, 4.69) is 4.43 Å². The fourth-order valence-corrected chi connectivity index (χ4v) is 1.98. The van der Waals surface area contributed by atoms with Gasteiger partial charge in [-0.15, -0.1) is 0 Å². The summed E-state index contributed by atoms with van der Waals surface area (Å²) in [5, 5.41) is 0. The minimum atomic E-state index is -7.99. The van der Waals surface area contributed by atoms with E-state index in [0.29, 0.717) is 0 Å². The molecule has 1 nitrogen and oxygen atoms in total. The Balaban J connectivity index is 6.20. The number of halogens is 14. The maximum atomic E-state index is 13.4. The van der Waals surface area contributed by atoms with Gasteiger partial charge in [0.1, 0.15) is 6.61 Å². The molecular weight excluding hydrogens is 442 g/mol. The molecule has 0 aliphatic carbocycles. The molecule has 0 aliphatic heterocycles. The summed E-state index contributed by atoms with van der Waals surface area (Å²) in [6, 6.07) is 0. The predicted octanol–water partition coefficient (Wildman–Crippen LogP) is 5.91. The molecule has 0 atom stereocenters. The Morgan fingerprint density at radius 2 is 0.963 bits per heavy atom. The maximum Gasteiger partial charge on any atom is 0.384 e. The molecule has 0 aromatic rings. The average Bonchev–Trinajstić information content (AvgIpc) is 2.43. The molecule has 16 heteroatoms. The highest BCUT2D eigenvalue weighted by Gasteiger charge is 2.91. The summed E-state index contributed by atoms with van der Waals surface area (Å²) in [5.41, 5.74) is 0. The first-order valence-corrected chi connectivity index (χ1v) is 10.00. The van der Waals surface area contributed by atoms with Gasteiger partial charge in [-0.05, 0) is 19.6 Å². The highest BCUT2D eigenvalue weighted by Crippen LogP contribution is 2.60. The second-order valence-corrected chi connectivity index (χ2v) is 10.8. The van der Waals surface area contributed by atoms with Crippen molar-refractivity contribution in [1.29, 1.82) is 0 Å². The van der Waals surface area contributed by atoms with E-state index in [1.54, 1.807) is 0 Å². The number of hydrogen-bond donors (Lipinski definition) is 0. The zero-order valence-electron chi connectivity index (χ0n) is 13.5.